The highest BCUT2D eigenvalue weighted by Gasteiger charge is 2.59. The Bertz CT molecular complexity index is 1270. The van der Waals surface area contributed by atoms with Crippen molar-refractivity contribution in [2.75, 3.05) is 37.0 Å². The number of nitrogens with one attached hydrogen (secondary N) is 2. The number of alkyl carbamates (subject to hydrolysis) is 1. The summed E-state index contributed by atoms with van der Waals surface area (Å²) in [6, 6.07) is 2.76. The van der Waals surface area contributed by atoms with Crippen LogP contribution in [0.5, 0.6) is 5.75 Å². The lowest BCUT2D eigenvalue weighted by Crippen LogP contribution is -2.59. The summed E-state index contributed by atoms with van der Waals surface area (Å²) in [6.45, 7) is 5.66. The number of thioether (sulfide) groups is 2. The van der Waals surface area contributed by atoms with E-state index in [1.807, 2.05) is 20.8 Å². The van der Waals surface area contributed by atoms with Crippen molar-refractivity contribution in [2.24, 2.45) is 5.41 Å². The van der Waals surface area contributed by atoms with Gasteiger partial charge in [-0.3, -0.25) is 14.4 Å². The maximum Gasteiger partial charge on any atom is 0.407 e. The fourth-order valence-corrected chi connectivity index (χ4v) is 8.94. The number of amides is 4. The number of nitriles is 1. The second kappa shape index (κ2) is 10.3. The van der Waals surface area contributed by atoms with E-state index in [2.05, 4.69) is 21.7 Å². The Hall–Kier alpha value is -3.18. The highest BCUT2D eigenvalue weighted by molar-refractivity contribution is 8.21. The van der Waals surface area contributed by atoms with E-state index < -0.39 is 53.0 Å². The van der Waals surface area contributed by atoms with Gasteiger partial charge in [-0.05, 0) is 17.5 Å². The normalized spacial score (nSPS) is 27.5. The molecule has 4 amide bonds. The third kappa shape index (κ3) is 4.94. The van der Waals surface area contributed by atoms with Crippen molar-refractivity contribution in [1.29, 1.82) is 5.26 Å². The van der Waals surface area contributed by atoms with Gasteiger partial charge < -0.3 is 29.9 Å². The van der Waals surface area contributed by atoms with Crippen molar-refractivity contribution in [1.82, 2.24) is 20.1 Å². The zero-order valence-electron chi connectivity index (χ0n) is 22.8. The number of methoxy groups -OCH3 is 1. The third-order valence-corrected chi connectivity index (χ3v) is 11.1. The standard InChI is InChI=1S/C26H32N6O6S2/c1-24(2,3)18(29-23(36)37-4)21(34)32-14-26(39-8-9-40-26)11-16(32)20(33)31-13-25(10-15(31)12-27)22(35)30-19-17(38-25)6-5-7-28-19/h5-7,15-16,18H,8-11,13-14H2,1-4H3,(H,29,36)(H,28,30,35). The Morgan fingerprint density at radius 3 is 2.62 bits per heavy atom. The Labute approximate surface area is 240 Å². The van der Waals surface area contributed by atoms with Gasteiger partial charge in [0.05, 0.1) is 23.8 Å². The molecule has 5 rings (SSSR count). The summed E-state index contributed by atoms with van der Waals surface area (Å²) in [5, 5.41) is 15.4. The van der Waals surface area contributed by atoms with Crippen LogP contribution in [0, 0.1) is 16.7 Å². The van der Waals surface area contributed by atoms with Gasteiger partial charge in [0.25, 0.3) is 5.91 Å². The van der Waals surface area contributed by atoms with Crippen molar-refractivity contribution >= 4 is 53.2 Å². The van der Waals surface area contributed by atoms with Crippen molar-refractivity contribution < 1.29 is 28.7 Å². The van der Waals surface area contributed by atoms with E-state index in [-0.39, 0.29) is 22.9 Å². The number of rotatable bonds is 3. The Morgan fingerprint density at radius 2 is 1.98 bits per heavy atom. The van der Waals surface area contributed by atoms with Gasteiger partial charge in [-0.15, -0.1) is 23.5 Å². The smallest absolute Gasteiger partial charge is 0.407 e. The minimum Gasteiger partial charge on any atom is -0.472 e. The summed E-state index contributed by atoms with van der Waals surface area (Å²) in [4.78, 5) is 60.7. The molecule has 2 spiro atoms. The average molecular weight is 589 g/mol. The van der Waals surface area contributed by atoms with Crippen molar-refractivity contribution in [3.8, 4) is 11.8 Å². The fraction of sp³-hybridized carbons (Fsp3) is 0.615. The first-order chi connectivity index (χ1) is 18.9. The van der Waals surface area contributed by atoms with E-state index in [9.17, 15) is 24.4 Å². The number of hydrogen-bond acceptors (Lipinski definition) is 10. The first-order valence-electron chi connectivity index (χ1n) is 13.0. The van der Waals surface area contributed by atoms with Crippen LogP contribution in [-0.4, -0.2) is 98.1 Å². The molecule has 3 fully saturated rings. The maximum atomic E-state index is 14.3. The molecule has 1 aromatic rings. The minimum absolute atomic E-state index is 0.0147. The molecular weight excluding hydrogens is 556 g/mol. The predicted molar refractivity (Wildman–Crippen MR) is 149 cm³/mol. The summed E-state index contributed by atoms with van der Waals surface area (Å²) in [7, 11) is 1.23. The maximum absolute atomic E-state index is 14.3. The number of hydrogen-bond donors (Lipinski definition) is 2. The number of ether oxygens (including phenoxy) is 2. The summed E-state index contributed by atoms with van der Waals surface area (Å²) >= 11 is 3.44. The van der Waals surface area contributed by atoms with E-state index in [0.717, 1.165) is 11.5 Å². The van der Waals surface area contributed by atoms with Gasteiger partial charge in [0, 0.05) is 37.1 Å². The molecule has 0 aliphatic carbocycles. The molecule has 1 aromatic heterocycles. The fourth-order valence-electron chi connectivity index (χ4n) is 5.68. The highest BCUT2D eigenvalue weighted by atomic mass is 32.2. The van der Waals surface area contributed by atoms with Crippen LogP contribution in [0.3, 0.4) is 0 Å². The Kier molecular flexibility index (Phi) is 7.33. The molecule has 40 heavy (non-hydrogen) atoms. The van der Waals surface area contributed by atoms with Crippen LogP contribution < -0.4 is 15.4 Å². The van der Waals surface area contributed by atoms with Crippen molar-refractivity contribution in [3.63, 3.8) is 0 Å². The predicted octanol–water partition coefficient (Wildman–Crippen LogP) is 1.82. The second-order valence-corrected chi connectivity index (χ2v) is 14.7. The number of carbonyl (C=O) groups is 4. The Balaban J connectivity index is 1.45. The van der Waals surface area contributed by atoms with Crippen LogP contribution in [-0.2, 0) is 19.1 Å². The average Bonchev–Trinajstić information content (AvgIpc) is 3.64. The minimum atomic E-state index is -1.45. The number of aromatic nitrogens is 1. The zero-order chi connectivity index (χ0) is 28.9. The molecular formula is C26H32N6O6S2. The summed E-state index contributed by atoms with van der Waals surface area (Å²) < 4.78 is 10.5. The molecule has 4 aliphatic rings. The molecule has 2 N–H and O–H groups in total. The van der Waals surface area contributed by atoms with Crippen LogP contribution in [0.4, 0.5) is 10.6 Å². The van der Waals surface area contributed by atoms with Gasteiger partial charge in [-0.1, -0.05) is 20.8 Å². The third-order valence-electron chi connectivity index (χ3n) is 7.71. The van der Waals surface area contributed by atoms with Gasteiger partial charge >= 0.3 is 6.09 Å². The molecule has 0 aromatic carbocycles. The number of likely N-dealkylation sites (tertiary alicyclic amines) is 2. The lowest BCUT2D eigenvalue weighted by Gasteiger charge is -2.36. The number of pyridine rings is 1. The molecule has 4 aliphatic heterocycles. The first-order valence-corrected chi connectivity index (χ1v) is 15.0. The molecule has 14 heteroatoms. The monoisotopic (exact) mass is 588 g/mol. The van der Waals surface area contributed by atoms with Crippen LogP contribution in [0.2, 0.25) is 0 Å². The Morgan fingerprint density at radius 1 is 1.25 bits per heavy atom. The summed E-state index contributed by atoms with van der Waals surface area (Å²) in [6.07, 6.45) is 1.17. The summed E-state index contributed by atoms with van der Waals surface area (Å²) in [5.74, 6) is 1.16. The molecule has 0 bridgehead atoms. The first kappa shape index (κ1) is 28.4. The topological polar surface area (TPSA) is 154 Å². The molecule has 0 radical (unpaired) electrons. The molecule has 12 nitrogen and oxygen atoms in total. The quantitative estimate of drug-likeness (QED) is 0.534. The lowest BCUT2D eigenvalue weighted by molar-refractivity contribution is -0.147. The SMILES string of the molecule is COC(=O)NC(C(=O)N1CC2(CC1C(=O)N1CC3(CC1C#N)Oc1cccnc1NC3=O)SCCS2)C(C)(C)C. The molecule has 3 saturated heterocycles. The molecule has 0 saturated carbocycles. The van der Waals surface area contributed by atoms with Crippen LogP contribution in [0.25, 0.3) is 0 Å². The van der Waals surface area contributed by atoms with E-state index in [4.69, 9.17) is 9.47 Å². The van der Waals surface area contributed by atoms with E-state index in [1.165, 1.54) is 18.2 Å². The van der Waals surface area contributed by atoms with Gasteiger partial charge in [0.15, 0.2) is 11.6 Å². The lowest BCUT2D eigenvalue weighted by atomic mass is 9.85. The van der Waals surface area contributed by atoms with Crippen molar-refractivity contribution in [3.05, 3.63) is 18.3 Å². The molecule has 5 heterocycles. The number of nitrogens with zero attached hydrogens (tertiary/aromatic N) is 4. The zero-order valence-corrected chi connectivity index (χ0v) is 24.4. The highest BCUT2D eigenvalue weighted by Crippen LogP contribution is 2.52. The molecule has 4 atom stereocenters. The summed E-state index contributed by atoms with van der Waals surface area (Å²) in [5.41, 5.74) is -2.12. The van der Waals surface area contributed by atoms with Crippen molar-refractivity contribution in [2.45, 2.75) is 61.4 Å². The van der Waals surface area contributed by atoms with E-state index in [0.29, 0.717) is 18.7 Å². The van der Waals surface area contributed by atoms with Gasteiger partial charge in [0.1, 0.15) is 18.1 Å². The van der Waals surface area contributed by atoms with Crippen LogP contribution in [0.15, 0.2) is 18.3 Å². The second-order valence-electron chi connectivity index (χ2n) is 11.4. The van der Waals surface area contributed by atoms with Gasteiger partial charge in [-0.25, -0.2) is 9.78 Å². The molecule has 214 valence electrons. The van der Waals surface area contributed by atoms with E-state index >= 15 is 0 Å². The van der Waals surface area contributed by atoms with Crippen LogP contribution in [0.1, 0.15) is 33.6 Å². The molecule has 4 unspecified atom stereocenters. The van der Waals surface area contributed by atoms with E-state index in [1.54, 1.807) is 40.6 Å². The number of fused-ring (bicyclic) bond motifs is 1. The number of carbonyl (C=O) groups excluding carboxylic acids is 4. The number of anilines is 1. The largest absolute Gasteiger partial charge is 0.472 e. The van der Waals surface area contributed by atoms with Crippen LogP contribution >= 0.6 is 23.5 Å². The van der Waals surface area contributed by atoms with Gasteiger partial charge in [-0.2, -0.15) is 5.26 Å². The van der Waals surface area contributed by atoms with Gasteiger partial charge in [0.2, 0.25) is 17.4 Å².